The molecule has 1 aliphatic heterocycles. The van der Waals surface area contributed by atoms with Crippen molar-refractivity contribution in [3.63, 3.8) is 0 Å². The van der Waals surface area contributed by atoms with Crippen LogP contribution >= 0.6 is 0 Å². The summed E-state index contributed by atoms with van der Waals surface area (Å²) >= 11 is 0. The number of H-pyrrole nitrogens is 1. The maximum atomic E-state index is 12.2. The van der Waals surface area contributed by atoms with Crippen molar-refractivity contribution in [1.29, 1.82) is 0 Å². The highest BCUT2D eigenvalue weighted by Gasteiger charge is 2.31. The largest absolute Gasteiger partial charge is 0.464 e. The number of ether oxygens (including phenoxy) is 1. The molecule has 3 rings (SSSR count). The van der Waals surface area contributed by atoms with E-state index < -0.39 is 22.0 Å². The molecule has 1 fully saturated rings. The third-order valence-electron chi connectivity index (χ3n) is 3.50. The van der Waals surface area contributed by atoms with Crippen LogP contribution in [0.25, 0.3) is 0 Å². The number of anilines is 1. The van der Waals surface area contributed by atoms with Gasteiger partial charge in [0.05, 0.1) is 11.5 Å². The molecule has 2 heterocycles. The zero-order chi connectivity index (χ0) is 17.2. The van der Waals surface area contributed by atoms with Crippen LogP contribution in [0.3, 0.4) is 0 Å². The highest BCUT2D eigenvalue weighted by molar-refractivity contribution is 7.89. The van der Waals surface area contributed by atoms with E-state index in [9.17, 15) is 18.0 Å². The first-order chi connectivity index (χ1) is 11.5. The molecule has 24 heavy (non-hydrogen) atoms. The number of cyclic esters (lactones) is 1. The molecule has 3 N–H and O–H groups in total. The quantitative estimate of drug-likeness (QED) is 0.692. The summed E-state index contributed by atoms with van der Waals surface area (Å²) in [7, 11) is -3.83. The molecule has 1 aromatic heterocycles. The Kier molecular flexibility index (Phi) is 4.36. The first-order valence-corrected chi connectivity index (χ1v) is 8.68. The number of carbonyl (C=O) groups is 2. The number of carbonyl (C=O) groups excluding carboxylic acids is 2. The van der Waals surface area contributed by atoms with Gasteiger partial charge in [0, 0.05) is 18.3 Å². The number of aromatic nitrogens is 1. The Hall–Kier alpha value is -2.65. The van der Waals surface area contributed by atoms with Crippen molar-refractivity contribution in [2.24, 2.45) is 0 Å². The maximum absolute atomic E-state index is 12.2. The Bertz CT molecular complexity index is 844. The summed E-state index contributed by atoms with van der Waals surface area (Å²) in [5, 5.41) is 2.64. The number of hydrogen-bond acceptors (Lipinski definition) is 5. The Morgan fingerprint density at radius 1 is 1.21 bits per heavy atom. The summed E-state index contributed by atoms with van der Waals surface area (Å²) in [6, 6.07) is 8.12. The third kappa shape index (κ3) is 3.47. The molecule has 0 aliphatic carbocycles. The van der Waals surface area contributed by atoms with Crippen molar-refractivity contribution >= 4 is 27.6 Å². The Balaban J connectivity index is 1.69. The number of aromatic amines is 1. The van der Waals surface area contributed by atoms with Crippen LogP contribution < -0.4 is 10.0 Å². The van der Waals surface area contributed by atoms with Crippen LogP contribution in [-0.4, -0.2) is 37.9 Å². The van der Waals surface area contributed by atoms with Gasteiger partial charge in [0.15, 0.2) is 0 Å². The Morgan fingerprint density at radius 2 is 1.96 bits per heavy atom. The molecule has 2 aromatic rings. The van der Waals surface area contributed by atoms with Crippen LogP contribution in [0.5, 0.6) is 0 Å². The first kappa shape index (κ1) is 16.2. The van der Waals surface area contributed by atoms with Gasteiger partial charge in [-0.2, -0.15) is 4.72 Å². The summed E-state index contributed by atoms with van der Waals surface area (Å²) in [6.07, 6.45) is 1.94. The molecule has 1 unspecified atom stereocenters. The molecule has 0 saturated carbocycles. The standard InChI is InChI=1S/C15H15N3O5S/c19-14(12-2-1-8-16-12)17-10-3-5-11(6-4-10)24(21,22)18-13-7-9-23-15(13)20/h1-6,8,13,16,18H,7,9H2,(H,17,19). The second kappa shape index (κ2) is 6.46. The van der Waals surface area contributed by atoms with E-state index in [-0.39, 0.29) is 17.4 Å². The van der Waals surface area contributed by atoms with Gasteiger partial charge in [0.2, 0.25) is 10.0 Å². The third-order valence-corrected chi connectivity index (χ3v) is 4.99. The van der Waals surface area contributed by atoms with Gasteiger partial charge >= 0.3 is 5.97 Å². The smallest absolute Gasteiger partial charge is 0.324 e. The SMILES string of the molecule is O=C(Nc1ccc(S(=O)(=O)NC2CCOC2=O)cc1)c1ccc[nH]1. The molecule has 0 bridgehead atoms. The molecule has 9 heteroatoms. The summed E-state index contributed by atoms with van der Waals surface area (Å²) in [5.41, 5.74) is 0.849. The van der Waals surface area contributed by atoms with E-state index in [2.05, 4.69) is 15.0 Å². The summed E-state index contributed by atoms with van der Waals surface area (Å²) < 4.78 is 31.5. The maximum Gasteiger partial charge on any atom is 0.324 e. The van der Waals surface area contributed by atoms with Crippen LogP contribution in [0, 0.1) is 0 Å². The van der Waals surface area contributed by atoms with Gasteiger partial charge < -0.3 is 15.0 Å². The number of sulfonamides is 1. The van der Waals surface area contributed by atoms with Crippen molar-refractivity contribution in [1.82, 2.24) is 9.71 Å². The molecule has 1 aromatic carbocycles. The normalized spacial score (nSPS) is 17.5. The fourth-order valence-corrected chi connectivity index (χ4v) is 3.46. The Morgan fingerprint density at radius 3 is 2.54 bits per heavy atom. The number of esters is 1. The second-order valence-corrected chi connectivity index (χ2v) is 6.91. The van der Waals surface area contributed by atoms with Crippen molar-refractivity contribution in [2.45, 2.75) is 17.4 Å². The number of hydrogen-bond donors (Lipinski definition) is 3. The molecule has 0 radical (unpaired) electrons. The lowest BCUT2D eigenvalue weighted by molar-refractivity contribution is -0.139. The molecular weight excluding hydrogens is 334 g/mol. The average Bonchev–Trinajstić information content (AvgIpc) is 3.20. The van der Waals surface area contributed by atoms with E-state index in [1.165, 1.54) is 24.3 Å². The second-order valence-electron chi connectivity index (χ2n) is 5.19. The van der Waals surface area contributed by atoms with Crippen molar-refractivity contribution < 1.29 is 22.7 Å². The van der Waals surface area contributed by atoms with E-state index in [0.29, 0.717) is 17.8 Å². The summed E-state index contributed by atoms with van der Waals surface area (Å²) in [4.78, 5) is 26.0. The summed E-state index contributed by atoms with van der Waals surface area (Å²) in [6.45, 7) is 0.204. The molecular formula is C15H15N3O5S. The zero-order valence-electron chi connectivity index (χ0n) is 12.5. The minimum absolute atomic E-state index is 0.0000672. The number of benzene rings is 1. The molecule has 1 aliphatic rings. The number of rotatable bonds is 5. The van der Waals surface area contributed by atoms with E-state index in [1.807, 2.05) is 0 Å². The topological polar surface area (TPSA) is 117 Å². The fourth-order valence-electron chi connectivity index (χ4n) is 2.25. The van der Waals surface area contributed by atoms with Crippen LogP contribution in [0.15, 0.2) is 47.5 Å². The van der Waals surface area contributed by atoms with Gasteiger partial charge in [-0.3, -0.25) is 9.59 Å². The average molecular weight is 349 g/mol. The molecule has 1 amide bonds. The van der Waals surface area contributed by atoms with Crippen molar-refractivity contribution in [2.75, 3.05) is 11.9 Å². The van der Waals surface area contributed by atoms with Gasteiger partial charge in [-0.15, -0.1) is 0 Å². The molecule has 1 atom stereocenters. The van der Waals surface area contributed by atoms with E-state index in [0.717, 1.165) is 0 Å². The predicted octanol–water partition coefficient (Wildman–Crippen LogP) is 0.861. The lowest BCUT2D eigenvalue weighted by atomic mass is 10.3. The highest BCUT2D eigenvalue weighted by Crippen LogP contribution is 2.17. The fraction of sp³-hybridized carbons (Fsp3) is 0.200. The van der Waals surface area contributed by atoms with Gasteiger partial charge in [-0.25, -0.2) is 8.42 Å². The van der Waals surface area contributed by atoms with Crippen LogP contribution in [0.1, 0.15) is 16.9 Å². The van der Waals surface area contributed by atoms with Crippen LogP contribution in [0.2, 0.25) is 0 Å². The lowest BCUT2D eigenvalue weighted by Crippen LogP contribution is -2.37. The minimum Gasteiger partial charge on any atom is -0.464 e. The Labute approximate surface area is 138 Å². The van der Waals surface area contributed by atoms with Gasteiger partial charge in [-0.05, 0) is 36.4 Å². The van der Waals surface area contributed by atoms with Crippen LogP contribution in [-0.2, 0) is 19.6 Å². The van der Waals surface area contributed by atoms with E-state index in [4.69, 9.17) is 4.74 Å². The van der Waals surface area contributed by atoms with Crippen molar-refractivity contribution in [3.8, 4) is 0 Å². The first-order valence-electron chi connectivity index (χ1n) is 7.19. The van der Waals surface area contributed by atoms with Gasteiger partial charge in [0.1, 0.15) is 11.7 Å². The van der Waals surface area contributed by atoms with E-state index in [1.54, 1.807) is 18.3 Å². The number of nitrogens with one attached hydrogen (secondary N) is 3. The van der Waals surface area contributed by atoms with Gasteiger partial charge in [0.25, 0.3) is 5.91 Å². The zero-order valence-corrected chi connectivity index (χ0v) is 13.3. The molecule has 0 spiro atoms. The van der Waals surface area contributed by atoms with Gasteiger partial charge in [-0.1, -0.05) is 0 Å². The molecule has 8 nitrogen and oxygen atoms in total. The predicted molar refractivity (Wildman–Crippen MR) is 84.9 cm³/mol. The van der Waals surface area contributed by atoms with Crippen molar-refractivity contribution in [3.05, 3.63) is 48.3 Å². The monoisotopic (exact) mass is 349 g/mol. The van der Waals surface area contributed by atoms with E-state index >= 15 is 0 Å². The molecule has 126 valence electrons. The molecule has 1 saturated heterocycles. The van der Waals surface area contributed by atoms with Crippen LogP contribution in [0.4, 0.5) is 5.69 Å². The summed E-state index contributed by atoms with van der Waals surface area (Å²) in [5.74, 6) is -0.907. The number of amides is 1. The lowest BCUT2D eigenvalue weighted by Gasteiger charge is -2.10. The minimum atomic E-state index is -3.83. The highest BCUT2D eigenvalue weighted by atomic mass is 32.2.